The van der Waals surface area contributed by atoms with Crippen LogP contribution in [0.25, 0.3) is 39.3 Å². The zero-order valence-electron chi connectivity index (χ0n) is 16.6. The van der Waals surface area contributed by atoms with Crippen molar-refractivity contribution in [2.75, 3.05) is 7.11 Å². The number of aromatic nitrogens is 4. The summed E-state index contributed by atoms with van der Waals surface area (Å²) in [7, 11) is 1.65. The molecule has 30 heavy (non-hydrogen) atoms. The SMILES string of the molecule is COc1ccc(-c2cnc3cc(C)c(-c4cn[nH]c4-c4ccc(F)cc4)cn23)cc1. The number of aromatic amines is 1. The number of benzene rings is 2. The van der Waals surface area contributed by atoms with Gasteiger partial charge >= 0.3 is 0 Å². The van der Waals surface area contributed by atoms with Crippen LogP contribution in [0.3, 0.4) is 0 Å². The Hall–Kier alpha value is -3.93. The summed E-state index contributed by atoms with van der Waals surface area (Å²) < 4.78 is 20.7. The van der Waals surface area contributed by atoms with Crippen LogP contribution in [0.5, 0.6) is 5.75 Å². The highest BCUT2D eigenvalue weighted by Crippen LogP contribution is 2.34. The molecule has 5 aromatic rings. The van der Waals surface area contributed by atoms with E-state index in [1.807, 2.05) is 30.5 Å². The molecule has 0 bridgehead atoms. The van der Waals surface area contributed by atoms with Crippen LogP contribution in [0.1, 0.15) is 5.56 Å². The third kappa shape index (κ3) is 3.03. The first-order chi connectivity index (χ1) is 14.6. The fourth-order valence-corrected chi connectivity index (χ4v) is 3.70. The van der Waals surface area contributed by atoms with E-state index in [0.29, 0.717) is 0 Å². The van der Waals surface area contributed by atoms with Crippen LogP contribution in [0.4, 0.5) is 4.39 Å². The molecule has 0 aliphatic heterocycles. The molecular formula is C24H19FN4O. The van der Waals surface area contributed by atoms with Crippen LogP contribution in [0, 0.1) is 12.7 Å². The lowest BCUT2D eigenvalue weighted by Crippen LogP contribution is -1.94. The standard InChI is InChI=1S/C24H19FN4O/c1-15-11-23-26-13-22(16-5-9-19(30-2)10-6-16)29(23)14-21(15)20-12-27-28-24(20)17-3-7-18(25)8-4-17/h3-14H,1-2H3,(H,27,28). The summed E-state index contributed by atoms with van der Waals surface area (Å²) in [6.07, 6.45) is 5.75. The maximum atomic E-state index is 13.4. The maximum Gasteiger partial charge on any atom is 0.137 e. The Kier molecular flexibility index (Phi) is 4.32. The fourth-order valence-electron chi connectivity index (χ4n) is 3.70. The van der Waals surface area contributed by atoms with Crippen molar-refractivity contribution < 1.29 is 9.13 Å². The van der Waals surface area contributed by atoms with Crippen LogP contribution < -0.4 is 4.74 Å². The smallest absolute Gasteiger partial charge is 0.137 e. The number of methoxy groups -OCH3 is 1. The predicted octanol–water partition coefficient (Wildman–Crippen LogP) is 5.51. The van der Waals surface area contributed by atoms with Gasteiger partial charge in [0.05, 0.1) is 30.9 Å². The topological polar surface area (TPSA) is 55.2 Å². The van der Waals surface area contributed by atoms with Gasteiger partial charge in [0.25, 0.3) is 0 Å². The molecule has 0 saturated carbocycles. The van der Waals surface area contributed by atoms with Crippen LogP contribution in [-0.2, 0) is 0 Å². The van der Waals surface area contributed by atoms with Gasteiger partial charge in [-0.3, -0.25) is 9.50 Å². The zero-order valence-corrected chi connectivity index (χ0v) is 16.6. The van der Waals surface area contributed by atoms with E-state index in [1.165, 1.54) is 12.1 Å². The Morgan fingerprint density at radius 1 is 0.933 bits per heavy atom. The van der Waals surface area contributed by atoms with E-state index >= 15 is 0 Å². The average molecular weight is 398 g/mol. The van der Waals surface area contributed by atoms with E-state index in [1.54, 1.807) is 25.4 Å². The second-order valence-corrected chi connectivity index (χ2v) is 7.14. The predicted molar refractivity (Wildman–Crippen MR) is 115 cm³/mol. The Morgan fingerprint density at radius 3 is 2.40 bits per heavy atom. The average Bonchev–Trinajstić information content (AvgIpc) is 3.41. The van der Waals surface area contributed by atoms with E-state index in [4.69, 9.17) is 4.74 Å². The second-order valence-electron chi connectivity index (χ2n) is 7.14. The van der Waals surface area contributed by atoms with Crippen molar-refractivity contribution in [3.8, 4) is 39.4 Å². The molecule has 0 fully saturated rings. The molecule has 0 atom stereocenters. The van der Waals surface area contributed by atoms with Crippen LogP contribution >= 0.6 is 0 Å². The number of rotatable bonds is 4. The number of aryl methyl sites for hydroxylation is 1. The molecule has 0 unspecified atom stereocenters. The maximum absolute atomic E-state index is 13.4. The first kappa shape index (κ1) is 18.1. The minimum absolute atomic E-state index is 0.264. The number of nitrogens with one attached hydrogen (secondary N) is 1. The molecular weight excluding hydrogens is 379 g/mol. The van der Waals surface area contributed by atoms with Gasteiger partial charge in [-0.25, -0.2) is 9.37 Å². The van der Waals surface area contributed by atoms with Crippen molar-refractivity contribution in [3.05, 3.63) is 84.6 Å². The third-order valence-corrected chi connectivity index (χ3v) is 5.30. The van der Waals surface area contributed by atoms with Crippen molar-refractivity contribution in [2.45, 2.75) is 6.92 Å². The molecule has 0 spiro atoms. The number of hydrogen-bond acceptors (Lipinski definition) is 3. The number of halogens is 1. The van der Waals surface area contributed by atoms with Gasteiger partial charge in [-0.15, -0.1) is 0 Å². The Morgan fingerprint density at radius 2 is 1.67 bits per heavy atom. The van der Waals surface area contributed by atoms with Gasteiger partial charge in [0.1, 0.15) is 17.2 Å². The molecule has 6 heteroatoms. The Bertz CT molecular complexity index is 1330. The van der Waals surface area contributed by atoms with Crippen molar-refractivity contribution in [1.82, 2.24) is 19.6 Å². The van der Waals surface area contributed by atoms with Crippen LogP contribution in [0.2, 0.25) is 0 Å². The molecule has 5 nitrogen and oxygen atoms in total. The van der Waals surface area contributed by atoms with E-state index in [-0.39, 0.29) is 5.82 Å². The lowest BCUT2D eigenvalue weighted by atomic mass is 9.99. The van der Waals surface area contributed by atoms with E-state index in [2.05, 4.69) is 38.8 Å². The van der Waals surface area contributed by atoms with Crippen molar-refractivity contribution in [3.63, 3.8) is 0 Å². The zero-order chi connectivity index (χ0) is 20.7. The molecule has 3 aromatic heterocycles. The number of imidazole rings is 1. The van der Waals surface area contributed by atoms with Gasteiger partial charge in [0.2, 0.25) is 0 Å². The van der Waals surface area contributed by atoms with E-state index < -0.39 is 0 Å². The normalized spacial score (nSPS) is 11.2. The lowest BCUT2D eigenvalue weighted by Gasteiger charge is -2.10. The number of fused-ring (bicyclic) bond motifs is 1. The summed E-state index contributed by atoms with van der Waals surface area (Å²) in [5, 5.41) is 7.31. The highest BCUT2D eigenvalue weighted by molar-refractivity contribution is 5.82. The summed E-state index contributed by atoms with van der Waals surface area (Å²) in [5.74, 6) is 0.548. The van der Waals surface area contributed by atoms with E-state index in [0.717, 1.165) is 50.6 Å². The summed E-state index contributed by atoms with van der Waals surface area (Å²) in [6, 6.07) is 16.4. The molecule has 2 aromatic carbocycles. The Labute approximate surface area is 172 Å². The first-order valence-electron chi connectivity index (χ1n) is 9.56. The third-order valence-electron chi connectivity index (χ3n) is 5.30. The molecule has 0 radical (unpaired) electrons. The number of hydrogen-bond donors (Lipinski definition) is 1. The van der Waals surface area contributed by atoms with Crippen LogP contribution in [0.15, 0.2) is 73.2 Å². The minimum Gasteiger partial charge on any atom is -0.497 e. The van der Waals surface area contributed by atoms with Crippen LogP contribution in [-0.4, -0.2) is 26.7 Å². The monoisotopic (exact) mass is 398 g/mol. The van der Waals surface area contributed by atoms with Gasteiger partial charge in [0, 0.05) is 28.5 Å². The lowest BCUT2D eigenvalue weighted by molar-refractivity contribution is 0.415. The van der Waals surface area contributed by atoms with Gasteiger partial charge in [0.15, 0.2) is 0 Å². The molecule has 1 N–H and O–H groups in total. The molecule has 5 rings (SSSR count). The van der Waals surface area contributed by atoms with Crippen molar-refractivity contribution in [1.29, 1.82) is 0 Å². The van der Waals surface area contributed by atoms with Gasteiger partial charge < -0.3 is 4.74 Å². The van der Waals surface area contributed by atoms with Gasteiger partial charge in [-0.2, -0.15) is 5.10 Å². The summed E-state index contributed by atoms with van der Waals surface area (Å²) in [4.78, 5) is 4.58. The molecule has 0 amide bonds. The molecule has 0 aliphatic rings. The summed E-state index contributed by atoms with van der Waals surface area (Å²) in [6.45, 7) is 2.05. The first-order valence-corrected chi connectivity index (χ1v) is 9.56. The molecule has 0 aliphatic carbocycles. The number of H-pyrrole nitrogens is 1. The number of nitrogens with zero attached hydrogens (tertiary/aromatic N) is 3. The largest absolute Gasteiger partial charge is 0.497 e. The quantitative estimate of drug-likeness (QED) is 0.434. The van der Waals surface area contributed by atoms with Crippen molar-refractivity contribution in [2.24, 2.45) is 0 Å². The second kappa shape index (κ2) is 7.15. The van der Waals surface area contributed by atoms with Crippen molar-refractivity contribution >= 4 is 5.65 Å². The minimum atomic E-state index is -0.264. The fraction of sp³-hybridized carbons (Fsp3) is 0.0833. The molecule has 0 saturated heterocycles. The molecule has 148 valence electrons. The summed E-state index contributed by atoms with van der Waals surface area (Å²) in [5.41, 5.74) is 7.70. The Balaban J connectivity index is 1.65. The van der Waals surface area contributed by atoms with Gasteiger partial charge in [-0.1, -0.05) is 0 Å². The highest BCUT2D eigenvalue weighted by Gasteiger charge is 2.15. The van der Waals surface area contributed by atoms with E-state index in [9.17, 15) is 4.39 Å². The molecule has 3 heterocycles. The highest BCUT2D eigenvalue weighted by atomic mass is 19.1. The van der Waals surface area contributed by atoms with Gasteiger partial charge in [-0.05, 0) is 67.1 Å². The number of pyridine rings is 1. The number of ether oxygens (including phenoxy) is 1. The summed E-state index contributed by atoms with van der Waals surface area (Å²) >= 11 is 0.